The van der Waals surface area contributed by atoms with E-state index in [1.165, 1.54) is 4.90 Å². The van der Waals surface area contributed by atoms with Crippen LogP contribution < -0.4 is 4.90 Å². The van der Waals surface area contributed by atoms with Crippen molar-refractivity contribution in [2.75, 3.05) is 11.4 Å². The summed E-state index contributed by atoms with van der Waals surface area (Å²) in [4.78, 5) is 33.6. The Hall–Kier alpha value is -2.64. The zero-order valence-corrected chi connectivity index (χ0v) is 16.7. The van der Waals surface area contributed by atoms with Gasteiger partial charge in [0.15, 0.2) is 4.84 Å². The summed E-state index contributed by atoms with van der Waals surface area (Å²) in [6, 6.07) is 10.2. The number of carboxylic acid groups (broad SMARTS) is 1. The number of aromatic nitrogens is 3. The van der Waals surface area contributed by atoms with E-state index in [2.05, 4.69) is 9.97 Å². The third kappa shape index (κ3) is 3.95. The molecule has 0 aliphatic carbocycles. The summed E-state index contributed by atoms with van der Waals surface area (Å²) in [7, 11) is 1.79. The van der Waals surface area contributed by atoms with Gasteiger partial charge in [0, 0.05) is 25.4 Å². The number of carbonyl (C=O) groups is 2. The highest BCUT2D eigenvalue weighted by atomic mass is 35.5. The van der Waals surface area contributed by atoms with E-state index in [0.717, 1.165) is 5.52 Å². The van der Waals surface area contributed by atoms with Crippen molar-refractivity contribution in [2.45, 2.75) is 11.8 Å². The molecule has 0 saturated heterocycles. The van der Waals surface area contributed by atoms with Crippen molar-refractivity contribution >= 4 is 51.9 Å². The van der Waals surface area contributed by atoms with Crippen LogP contribution in [0.3, 0.4) is 0 Å². The average Bonchev–Trinajstić information content (AvgIpc) is 3.02. The number of amides is 1. The maximum absolute atomic E-state index is 13.2. The molecule has 0 aliphatic heterocycles. The number of imidazole rings is 1. The fourth-order valence-electron chi connectivity index (χ4n) is 2.85. The maximum Gasteiger partial charge on any atom is 0.308 e. The van der Waals surface area contributed by atoms with E-state index < -0.39 is 16.7 Å². The summed E-state index contributed by atoms with van der Waals surface area (Å²) in [6.45, 7) is 1.53. The number of alkyl halides is 2. The number of nitrogens with zero attached hydrogens (tertiary/aromatic N) is 4. The Morgan fingerprint density at radius 3 is 2.61 bits per heavy atom. The van der Waals surface area contributed by atoms with Gasteiger partial charge in [-0.1, -0.05) is 36.2 Å². The van der Waals surface area contributed by atoms with Crippen molar-refractivity contribution in [3.05, 3.63) is 54.0 Å². The predicted molar refractivity (Wildman–Crippen MR) is 108 cm³/mol. The van der Waals surface area contributed by atoms with Gasteiger partial charge in [-0.2, -0.15) is 0 Å². The van der Waals surface area contributed by atoms with Crippen molar-refractivity contribution in [1.29, 1.82) is 0 Å². The van der Waals surface area contributed by atoms with Gasteiger partial charge >= 0.3 is 5.97 Å². The van der Waals surface area contributed by atoms with Gasteiger partial charge in [-0.25, -0.2) is 9.97 Å². The SMILES string of the molecule is CC(CN(C(=O)c1ccc2c(c1)nc(C(Cl)Cl)n2C)c1ccccn1)C(=O)O. The Balaban J connectivity index is 2.01. The lowest BCUT2D eigenvalue weighted by molar-refractivity contribution is -0.140. The van der Waals surface area contributed by atoms with Crippen LogP contribution in [0.15, 0.2) is 42.6 Å². The first-order chi connectivity index (χ1) is 13.3. The van der Waals surface area contributed by atoms with Crippen LogP contribution in [-0.2, 0) is 11.8 Å². The normalized spacial score (nSPS) is 12.3. The Morgan fingerprint density at radius 1 is 1.25 bits per heavy atom. The summed E-state index contributed by atoms with van der Waals surface area (Å²) in [5, 5.41) is 9.26. The molecular formula is C19H18Cl2N4O3. The molecule has 2 aromatic heterocycles. The smallest absolute Gasteiger partial charge is 0.308 e. The van der Waals surface area contributed by atoms with E-state index in [1.54, 1.807) is 61.1 Å². The Kier molecular flexibility index (Phi) is 5.86. The molecule has 7 nitrogen and oxygen atoms in total. The quantitative estimate of drug-likeness (QED) is 0.612. The molecule has 1 aromatic carbocycles. The minimum atomic E-state index is -0.992. The third-order valence-corrected chi connectivity index (χ3v) is 4.80. The zero-order valence-electron chi connectivity index (χ0n) is 15.2. The largest absolute Gasteiger partial charge is 0.481 e. The second-order valence-corrected chi connectivity index (χ2v) is 7.47. The van der Waals surface area contributed by atoms with E-state index in [0.29, 0.717) is 22.7 Å². The van der Waals surface area contributed by atoms with E-state index >= 15 is 0 Å². The molecule has 0 radical (unpaired) electrons. The number of rotatable bonds is 6. The van der Waals surface area contributed by atoms with Crippen LogP contribution in [0, 0.1) is 5.92 Å². The van der Waals surface area contributed by atoms with Crippen LogP contribution in [0.4, 0.5) is 5.82 Å². The first kappa shape index (κ1) is 20.1. The molecule has 9 heteroatoms. The molecular weight excluding hydrogens is 403 g/mol. The fourth-order valence-corrected chi connectivity index (χ4v) is 3.24. The van der Waals surface area contributed by atoms with Gasteiger partial charge in [0.2, 0.25) is 0 Å². The summed E-state index contributed by atoms with van der Waals surface area (Å²) < 4.78 is 1.76. The number of hydrogen-bond acceptors (Lipinski definition) is 4. The molecule has 1 N–H and O–H groups in total. The number of hydrogen-bond donors (Lipinski definition) is 1. The Morgan fingerprint density at radius 2 is 2.00 bits per heavy atom. The van der Waals surface area contributed by atoms with Crippen molar-refractivity contribution < 1.29 is 14.7 Å². The highest BCUT2D eigenvalue weighted by molar-refractivity contribution is 6.43. The van der Waals surface area contributed by atoms with Crippen molar-refractivity contribution in [3.8, 4) is 0 Å². The number of aryl methyl sites for hydroxylation is 1. The molecule has 0 spiro atoms. The van der Waals surface area contributed by atoms with Gasteiger partial charge in [-0.3, -0.25) is 14.5 Å². The highest BCUT2D eigenvalue weighted by Gasteiger charge is 2.25. The predicted octanol–water partition coefficient (Wildman–Crippen LogP) is 3.81. The van der Waals surface area contributed by atoms with Crippen LogP contribution in [0.1, 0.15) is 27.9 Å². The first-order valence-electron chi connectivity index (χ1n) is 8.49. The van der Waals surface area contributed by atoms with Crippen molar-refractivity contribution in [3.63, 3.8) is 0 Å². The molecule has 0 aliphatic rings. The number of halogens is 2. The lowest BCUT2D eigenvalue weighted by atomic mass is 10.1. The molecule has 0 saturated carbocycles. The molecule has 0 fully saturated rings. The summed E-state index contributed by atoms with van der Waals surface area (Å²) >= 11 is 11.9. The van der Waals surface area contributed by atoms with Gasteiger partial charge < -0.3 is 9.67 Å². The number of fused-ring (bicyclic) bond motifs is 1. The van der Waals surface area contributed by atoms with Crippen molar-refractivity contribution in [1.82, 2.24) is 14.5 Å². The fraction of sp³-hybridized carbons (Fsp3) is 0.263. The standard InChI is InChI=1S/C19H18Cl2N4O3/c1-11(19(27)28)10-25(15-5-3-4-8-22-15)18(26)12-6-7-14-13(9-12)23-17(16(20)21)24(14)2/h3-9,11,16H,10H2,1-2H3,(H,27,28). The number of pyridine rings is 1. The molecule has 1 atom stereocenters. The highest BCUT2D eigenvalue weighted by Crippen LogP contribution is 2.28. The Bertz CT molecular complexity index is 1020. The van der Waals surface area contributed by atoms with E-state index in [-0.39, 0.29) is 12.5 Å². The first-order valence-corrected chi connectivity index (χ1v) is 9.37. The molecule has 2 heterocycles. The summed E-state index contributed by atoms with van der Waals surface area (Å²) in [6.07, 6.45) is 1.55. The van der Waals surface area contributed by atoms with E-state index in [9.17, 15) is 14.7 Å². The molecule has 3 rings (SSSR count). The monoisotopic (exact) mass is 420 g/mol. The minimum Gasteiger partial charge on any atom is -0.481 e. The molecule has 0 bridgehead atoms. The second-order valence-electron chi connectivity index (χ2n) is 6.38. The van der Waals surface area contributed by atoms with Crippen LogP contribution in [-0.4, -0.2) is 38.1 Å². The third-order valence-electron chi connectivity index (χ3n) is 4.41. The minimum absolute atomic E-state index is 0.0118. The van der Waals surface area contributed by atoms with Gasteiger partial charge in [0.05, 0.1) is 17.0 Å². The van der Waals surface area contributed by atoms with Gasteiger partial charge in [0.1, 0.15) is 11.6 Å². The van der Waals surface area contributed by atoms with Gasteiger partial charge in [-0.05, 0) is 30.3 Å². The average molecular weight is 421 g/mol. The number of carboxylic acids is 1. The van der Waals surface area contributed by atoms with Crippen LogP contribution in [0.2, 0.25) is 0 Å². The van der Waals surface area contributed by atoms with E-state index in [1.807, 2.05) is 0 Å². The van der Waals surface area contributed by atoms with E-state index in [4.69, 9.17) is 23.2 Å². The number of carbonyl (C=O) groups excluding carboxylic acids is 1. The van der Waals surface area contributed by atoms with Crippen molar-refractivity contribution in [2.24, 2.45) is 13.0 Å². The van der Waals surface area contributed by atoms with Crippen LogP contribution in [0.25, 0.3) is 11.0 Å². The molecule has 1 unspecified atom stereocenters. The van der Waals surface area contributed by atoms with Gasteiger partial charge in [-0.15, -0.1) is 0 Å². The zero-order chi connectivity index (χ0) is 20.4. The summed E-state index contributed by atoms with van der Waals surface area (Å²) in [5.74, 6) is -1.26. The topological polar surface area (TPSA) is 88.3 Å². The molecule has 1 amide bonds. The molecule has 3 aromatic rings. The molecule has 146 valence electrons. The number of benzene rings is 1. The lowest BCUT2D eigenvalue weighted by Crippen LogP contribution is -2.37. The van der Waals surface area contributed by atoms with Gasteiger partial charge in [0.25, 0.3) is 5.91 Å². The molecule has 28 heavy (non-hydrogen) atoms. The summed E-state index contributed by atoms with van der Waals surface area (Å²) in [5.41, 5.74) is 1.71. The lowest BCUT2D eigenvalue weighted by Gasteiger charge is -2.23. The van der Waals surface area contributed by atoms with Crippen LogP contribution >= 0.6 is 23.2 Å². The maximum atomic E-state index is 13.2. The number of aliphatic carboxylic acids is 1. The van der Waals surface area contributed by atoms with Crippen LogP contribution in [0.5, 0.6) is 0 Å². The Labute approximate surface area is 171 Å². The second kappa shape index (κ2) is 8.16. The number of anilines is 1.